The lowest BCUT2D eigenvalue weighted by Gasteiger charge is -2.31. The molecular formula is C26H30ClFN4O4. The number of nitrogens with zero attached hydrogens (tertiary/aromatic N) is 4. The first kappa shape index (κ1) is 26.2. The van der Waals surface area contributed by atoms with E-state index in [1.165, 1.54) is 23.1 Å². The topological polar surface area (TPSA) is 74.7 Å². The molecule has 192 valence electrons. The van der Waals surface area contributed by atoms with Gasteiger partial charge in [0.05, 0.1) is 25.0 Å². The quantitative estimate of drug-likeness (QED) is 0.512. The number of rotatable bonds is 9. The van der Waals surface area contributed by atoms with Crippen molar-refractivity contribution in [2.24, 2.45) is 5.10 Å². The second kappa shape index (κ2) is 12.4. The molecule has 0 spiro atoms. The van der Waals surface area contributed by atoms with Crippen molar-refractivity contribution in [3.05, 3.63) is 70.5 Å². The van der Waals surface area contributed by atoms with Gasteiger partial charge in [0.15, 0.2) is 0 Å². The molecule has 2 amide bonds. The summed E-state index contributed by atoms with van der Waals surface area (Å²) >= 11 is 6.39. The van der Waals surface area contributed by atoms with Crippen LogP contribution in [0.1, 0.15) is 23.6 Å². The number of carbonyl (C=O) groups is 2. The van der Waals surface area contributed by atoms with Crippen LogP contribution in [0, 0.1) is 5.82 Å². The van der Waals surface area contributed by atoms with Crippen molar-refractivity contribution in [3.8, 4) is 0 Å². The van der Waals surface area contributed by atoms with E-state index in [0.717, 1.165) is 13.1 Å². The first-order valence-electron chi connectivity index (χ1n) is 11.9. The maximum absolute atomic E-state index is 14.8. The molecular weight excluding hydrogens is 487 g/mol. The van der Waals surface area contributed by atoms with E-state index in [1.807, 2.05) is 18.2 Å². The maximum atomic E-state index is 14.8. The third-order valence-electron chi connectivity index (χ3n) is 6.35. The molecule has 2 heterocycles. The van der Waals surface area contributed by atoms with Gasteiger partial charge >= 0.3 is 0 Å². The van der Waals surface area contributed by atoms with E-state index in [9.17, 15) is 14.0 Å². The Morgan fingerprint density at radius 1 is 1.17 bits per heavy atom. The van der Waals surface area contributed by atoms with Crippen LogP contribution in [0.25, 0.3) is 0 Å². The minimum Gasteiger partial charge on any atom is -0.379 e. The maximum Gasteiger partial charge on any atom is 0.262 e. The normalized spacial score (nSPS) is 18.2. The number of benzene rings is 2. The van der Waals surface area contributed by atoms with E-state index in [0.29, 0.717) is 54.6 Å². The highest BCUT2D eigenvalue weighted by Crippen LogP contribution is 2.35. The van der Waals surface area contributed by atoms with Crippen LogP contribution in [0.5, 0.6) is 0 Å². The van der Waals surface area contributed by atoms with Gasteiger partial charge in [0, 0.05) is 55.9 Å². The summed E-state index contributed by atoms with van der Waals surface area (Å²) in [6.07, 6.45) is 0.302. The van der Waals surface area contributed by atoms with E-state index in [1.54, 1.807) is 24.3 Å². The lowest BCUT2D eigenvalue weighted by Crippen LogP contribution is -2.47. The fourth-order valence-electron chi connectivity index (χ4n) is 4.42. The molecule has 0 aliphatic carbocycles. The van der Waals surface area contributed by atoms with Gasteiger partial charge in [0.25, 0.3) is 5.91 Å². The second-order valence-corrected chi connectivity index (χ2v) is 9.12. The molecule has 0 unspecified atom stereocenters. The minimum absolute atomic E-state index is 0.138. The van der Waals surface area contributed by atoms with E-state index in [2.05, 4.69) is 10.0 Å². The molecule has 10 heteroatoms. The molecule has 1 atom stereocenters. The Morgan fingerprint density at radius 2 is 1.89 bits per heavy atom. The Balaban J connectivity index is 1.57. The molecule has 0 bridgehead atoms. The fourth-order valence-corrected chi connectivity index (χ4v) is 4.66. The number of hydrazone groups is 1. The van der Waals surface area contributed by atoms with Crippen molar-refractivity contribution < 1.29 is 23.5 Å². The van der Waals surface area contributed by atoms with Crippen LogP contribution in [0.2, 0.25) is 5.02 Å². The lowest BCUT2D eigenvalue weighted by atomic mass is 9.98. The number of carbonyl (C=O) groups excluding carboxylic acids is 2. The smallest absolute Gasteiger partial charge is 0.262 e. The second-order valence-electron chi connectivity index (χ2n) is 8.71. The molecule has 2 aromatic rings. The van der Waals surface area contributed by atoms with Gasteiger partial charge in [0.1, 0.15) is 19.0 Å². The molecule has 8 nitrogen and oxygen atoms in total. The van der Waals surface area contributed by atoms with Crippen LogP contribution < -0.4 is 0 Å². The van der Waals surface area contributed by atoms with Crippen molar-refractivity contribution in [1.29, 1.82) is 0 Å². The number of methoxy groups -OCH3 is 1. The monoisotopic (exact) mass is 516 g/mol. The van der Waals surface area contributed by atoms with Crippen molar-refractivity contribution in [3.63, 3.8) is 0 Å². The molecule has 2 aliphatic heterocycles. The number of halogens is 2. The summed E-state index contributed by atoms with van der Waals surface area (Å²) in [6.45, 7) is 3.45. The van der Waals surface area contributed by atoms with Crippen LogP contribution in [0.15, 0.2) is 53.6 Å². The lowest BCUT2D eigenvalue weighted by molar-refractivity contribution is -0.144. The molecule has 4 rings (SSSR count). The number of morpholine rings is 1. The molecule has 0 radical (unpaired) electrons. The van der Waals surface area contributed by atoms with Gasteiger partial charge in [-0.05, 0) is 12.1 Å². The summed E-state index contributed by atoms with van der Waals surface area (Å²) in [5.74, 6) is -1.12. The first-order valence-corrected chi connectivity index (χ1v) is 12.3. The largest absolute Gasteiger partial charge is 0.379 e. The number of hydrogen-bond donors (Lipinski definition) is 0. The Kier molecular flexibility index (Phi) is 9.03. The van der Waals surface area contributed by atoms with Gasteiger partial charge in [-0.1, -0.05) is 48.0 Å². The number of ether oxygens (including phenoxy) is 2. The zero-order valence-electron chi connectivity index (χ0n) is 20.2. The van der Waals surface area contributed by atoms with Gasteiger partial charge in [-0.25, -0.2) is 9.40 Å². The molecule has 2 aliphatic rings. The third kappa shape index (κ3) is 6.28. The highest BCUT2D eigenvalue weighted by molar-refractivity contribution is 6.34. The first-order chi connectivity index (χ1) is 17.5. The molecule has 36 heavy (non-hydrogen) atoms. The van der Waals surface area contributed by atoms with E-state index >= 15 is 0 Å². The summed E-state index contributed by atoms with van der Waals surface area (Å²) in [4.78, 5) is 30.0. The van der Waals surface area contributed by atoms with Gasteiger partial charge < -0.3 is 14.4 Å². The minimum atomic E-state index is -0.649. The van der Waals surface area contributed by atoms with Crippen molar-refractivity contribution in [2.75, 3.05) is 59.7 Å². The SMILES string of the molecule is COCC(=O)N(CCN1CCOCC1)CC(=O)N1N=C(c2ccccc2Cl)C[C@@H]1c1ccccc1F. The average molecular weight is 517 g/mol. The Morgan fingerprint density at radius 3 is 2.61 bits per heavy atom. The average Bonchev–Trinajstić information content (AvgIpc) is 3.33. The standard InChI is InChI=1S/C26H30ClFN4O4/c1-35-18-26(34)31(11-10-30-12-14-36-15-13-30)17-25(33)32-24(20-7-3-5-9-22(20)28)16-23(29-32)19-6-2-4-8-21(19)27/h2-9,24H,10-18H2,1H3/t24-/m1/s1. The summed E-state index contributed by atoms with van der Waals surface area (Å²) < 4.78 is 25.2. The van der Waals surface area contributed by atoms with E-state index in [-0.39, 0.29) is 19.1 Å². The Bertz CT molecular complexity index is 1110. The Labute approximate surface area is 215 Å². The molecule has 0 aromatic heterocycles. The van der Waals surface area contributed by atoms with Gasteiger partial charge in [0.2, 0.25) is 5.91 Å². The summed E-state index contributed by atoms with van der Waals surface area (Å²) in [5.41, 5.74) is 1.64. The van der Waals surface area contributed by atoms with Crippen molar-refractivity contribution >= 4 is 29.1 Å². The molecule has 1 saturated heterocycles. The van der Waals surface area contributed by atoms with Crippen molar-refractivity contribution in [2.45, 2.75) is 12.5 Å². The van der Waals surface area contributed by atoms with Crippen LogP contribution >= 0.6 is 11.6 Å². The molecule has 1 fully saturated rings. The molecule has 2 aromatic carbocycles. The highest BCUT2D eigenvalue weighted by atomic mass is 35.5. The van der Waals surface area contributed by atoms with Gasteiger partial charge in [-0.3, -0.25) is 14.5 Å². The van der Waals surface area contributed by atoms with Crippen LogP contribution in [0.3, 0.4) is 0 Å². The van der Waals surface area contributed by atoms with Crippen LogP contribution in [0.4, 0.5) is 4.39 Å². The highest BCUT2D eigenvalue weighted by Gasteiger charge is 2.36. The van der Waals surface area contributed by atoms with Gasteiger partial charge in [-0.2, -0.15) is 5.10 Å². The van der Waals surface area contributed by atoms with Crippen molar-refractivity contribution in [1.82, 2.24) is 14.8 Å². The van der Waals surface area contributed by atoms with Crippen LogP contribution in [-0.2, 0) is 19.1 Å². The fraction of sp³-hybridized carbons (Fsp3) is 0.423. The van der Waals surface area contributed by atoms with E-state index in [4.69, 9.17) is 21.1 Å². The molecule has 0 N–H and O–H groups in total. The Hall–Kier alpha value is -2.85. The number of amides is 2. The zero-order chi connectivity index (χ0) is 25.5. The van der Waals surface area contributed by atoms with Gasteiger partial charge in [-0.15, -0.1) is 0 Å². The zero-order valence-corrected chi connectivity index (χ0v) is 21.0. The predicted molar refractivity (Wildman–Crippen MR) is 134 cm³/mol. The van der Waals surface area contributed by atoms with E-state index < -0.39 is 17.8 Å². The summed E-state index contributed by atoms with van der Waals surface area (Å²) in [6, 6.07) is 12.9. The molecule has 0 saturated carbocycles. The van der Waals surface area contributed by atoms with Crippen LogP contribution in [-0.4, -0.2) is 92.0 Å². The predicted octanol–water partition coefficient (Wildman–Crippen LogP) is 2.96. The summed E-state index contributed by atoms with van der Waals surface area (Å²) in [7, 11) is 1.44. The number of hydrogen-bond acceptors (Lipinski definition) is 6. The summed E-state index contributed by atoms with van der Waals surface area (Å²) in [5, 5.41) is 6.37. The third-order valence-corrected chi connectivity index (χ3v) is 6.68.